The van der Waals surface area contributed by atoms with Gasteiger partial charge in [-0.25, -0.2) is 0 Å². The predicted molar refractivity (Wildman–Crippen MR) is 196 cm³/mol. The van der Waals surface area contributed by atoms with Crippen molar-refractivity contribution in [3.05, 3.63) is 12.3 Å². The summed E-state index contributed by atoms with van der Waals surface area (Å²) in [6.07, 6.45) is 7.84. The Balaban J connectivity index is 6.19. The lowest BCUT2D eigenvalue weighted by molar-refractivity contribution is 0.0723. The predicted octanol–water partition coefficient (Wildman–Crippen LogP) is 10.9. The van der Waals surface area contributed by atoms with Gasteiger partial charge in [-0.15, -0.1) is 6.58 Å². The molecule has 0 spiro atoms. The summed E-state index contributed by atoms with van der Waals surface area (Å²) in [5.74, 6) is 0. The van der Waals surface area contributed by atoms with E-state index in [4.69, 9.17) is 17.7 Å². The van der Waals surface area contributed by atoms with Gasteiger partial charge >= 0.3 is 0 Å². The monoisotopic (exact) mass is 662 g/mol. The third kappa shape index (κ3) is 11.5. The van der Waals surface area contributed by atoms with Crippen LogP contribution in [-0.2, 0) is 17.7 Å². The lowest BCUT2D eigenvalue weighted by Crippen LogP contribution is -2.68. The topological polar surface area (TPSA) is 36.9 Å². The lowest BCUT2D eigenvalue weighted by Gasteiger charge is -2.53. The first-order chi connectivity index (χ1) is 18.5. The molecule has 0 bridgehead atoms. The molecule has 4 nitrogen and oxygen atoms in total. The summed E-state index contributed by atoms with van der Waals surface area (Å²) >= 11 is 0. The molecule has 0 radical (unpaired) electrons. The first-order valence-electron chi connectivity index (χ1n) is 16.9. The molecule has 0 saturated heterocycles. The number of unbranched alkanes of at least 4 members (excludes halogenated alkanes) is 2. The maximum absolute atomic E-state index is 7.43. The zero-order valence-electron chi connectivity index (χ0n) is 30.9. The summed E-state index contributed by atoms with van der Waals surface area (Å²) in [4.78, 5) is 0. The molecule has 3 unspecified atom stereocenters. The molecule has 0 amide bonds. The lowest BCUT2D eigenvalue weighted by atomic mass is 10.3. The smallest absolute Gasteiger partial charge is 0.240 e. The Kier molecular flexibility index (Phi) is 16.6. The van der Waals surface area contributed by atoms with Crippen molar-refractivity contribution in [3.63, 3.8) is 0 Å². The maximum Gasteiger partial charge on any atom is 0.240 e. The van der Waals surface area contributed by atoms with Gasteiger partial charge in [0.05, 0.1) is 24.8 Å². The van der Waals surface area contributed by atoms with Crippen LogP contribution in [0.25, 0.3) is 0 Å². The highest BCUT2D eigenvalue weighted by molar-refractivity contribution is 6.84. The van der Waals surface area contributed by atoms with Crippen molar-refractivity contribution in [1.82, 2.24) is 0 Å². The fraction of sp³-hybridized carbons (Fsp3) is 0.938. The first kappa shape index (κ1) is 41.7. The van der Waals surface area contributed by atoms with E-state index in [1.165, 1.54) is 37.8 Å². The minimum absolute atomic E-state index is 0.0405. The van der Waals surface area contributed by atoms with Gasteiger partial charge in [-0.1, -0.05) is 85.1 Å². The van der Waals surface area contributed by atoms with Gasteiger partial charge in [0, 0.05) is 5.22 Å². The van der Waals surface area contributed by atoms with Crippen LogP contribution in [0.5, 0.6) is 0 Å². The standard InChI is InChI=1S/C32H74O4Si5/c1-19-25-27-37(10,11)31(7,8)35-40(16,17)32(9,23-5)36-41(18,24-6)30(22-4)34-39(14,15)29(21-3)33-38(12,13)28-26-20-2/h24,29-30H,6,19-23,25-28H2,1-5,7-18H3/t29?,30?,32-,41?/m1/s1. The second-order valence-corrected chi connectivity index (χ2v) is 37.4. The van der Waals surface area contributed by atoms with Gasteiger partial charge in [-0.3, -0.25) is 0 Å². The molecular formula is C32H74O4Si5. The molecule has 0 aliphatic carbocycles. The first-order valence-corrected chi connectivity index (χ1v) is 31.7. The van der Waals surface area contributed by atoms with Crippen LogP contribution in [0.4, 0.5) is 0 Å². The molecule has 0 heterocycles. The van der Waals surface area contributed by atoms with Crippen molar-refractivity contribution in [1.29, 1.82) is 0 Å². The molecule has 9 heteroatoms. The summed E-state index contributed by atoms with van der Waals surface area (Å²) < 4.78 is 28.9. The highest BCUT2D eigenvalue weighted by Crippen LogP contribution is 2.41. The van der Waals surface area contributed by atoms with Crippen molar-refractivity contribution in [2.75, 3.05) is 0 Å². The molecule has 0 aromatic heterocycles. The van der Waals surface area contributed by atoms with Gasteiger partial charge in [-0.05, 0) is 91.9 Å². The highest BCUT2D eigenvalue weighted by atomic mass is 28.4. The normalized spacial score (nSPS) is 18.5. The number of rotatable bonds is 22. The van der Waals surface area contributed by atoms with Crippen LogP contribution in [-0.4, -0.2) is 63.2 Å². The third-order valence-corrected chi connectivity index (χ3v) is 29.1. The Hall–Kier alpha value is 0.664. The van der Waals surface area contributed by atoms with Gasteiger partial charge in [0.1, 0.15) is 0 Å². The quantitative estimate of drug-likeness (QED) is 0.108. The third-order valence-electron chi connectivity index (χ3n) is 10.3. The second-order valence-electron chi connectivity index (χ2n) is 15.7. The van der Waals surface area contributed by atoms with E-state index in [2.05, 4.69) is 127 Å². The molecule has 0 fully saturated rings. The Morgan fingerprint density at radius 2 is 1.17 bits per heavy atom. The van der Waals surface area contributed by atoms with Crippen molar-refractivity contribution in [2.45, 2.75) is 193 Å². The molecule has 0 aliphatic rings. The van der Waals surface area contributed by atoms with E-state index >= 15 is 0 Å². The van der Waals surface area contributed by atoms with Crippen molar-refractivity contribution < 1.29 is 17.7 Å². The molecule has 0 aromatic carbocycles. The molecule has 4 atom stereocenters. The minimum Gasteiger partial charge on any atom is -0.415 e. The summed E-state index contributed by atoms with van der Waals surface area (Å²) in [6, 6.07) is 2.51. The summed E-state index contributed by atoms with van der Waals surface area (Å²) in [5, 5.41) is -0.452. The van der Waals surface area contributed by atoms with E-state index in [9.17, 15) is 0 Å². The van der Waals surface area contributed by atoms with E-state index in [1.807, 2.05) is 0 Å². The van der Waals surface area contributed by atoms with Crippen LogP contribution >= 0.6 is 0 Å². The SMILES string of the molecule is C=C[Si](C)(O[C@@](C)(CC)[Si](C)(C)OC(C)(C)[Si](C)(C)CCCC)C(CC)O[Si](C)(C)C(CC)O[Si](C)(C)CCCC. The van der Waals surface area contributed by atoms with Gasteiger partial charge in [0.25, 0.3) is 0 Å². The van der Waals surface area contributed by atoms with Gasteiger partial charge < -0.3 is 17.7 Å². The molecule has 0 aromatic rings. The molecule has 0 saturated carbocycles. The summed E-state index contributed by atoms with van der Waals surface area (Å²) in [5.41, 5.74) is 2.37. The van der Waals surface area contributed by atoms with Crippen LogP contribution in [0.2, 0.25) is 71.0 Å². The zero-order valence-corrected chi connectivity index (χ0v) is 35.9. The average molecular weight is 663 g/mol. The fourth-order valence-electron chi connectivity index (χ4n) is 5.96. The Morgan fingerprint density at radius 3 is 1.59 bits per heavy atom. The average Bonchev–Trinajstić information content (AvgIpc) is 2.86. The van der Waals surface area contributed by atoms with Gasteiger partial charge in [0.2, 0.25) is 25.0 Å². The van der Waals surface area contributed by atoms with Crippen LogP contribution < -0.4 is 0 Å². The Bertz CT molecular complexity index is 786. The summed E-state index contributed by atoms with van der Waals surface area (Å²) in [7, 11) is -10.4. The second kappa shape index (κ2) is 16.3. The van der Waals surface area contributed by atoms with Crippen molar-refractivity contribution in [3.8, 4) is 0 Å². The molecule has 246 valence electrons. The van der Waals surface area contributed by atoms with Gasteiger partial charge in [0.15, 0.2) is 8.32 Å². The van der Waals surface area contributed by atoms with E-state index in [1.54, 1.807) is 0 Å². The number of hydrogen-bond acceptors (Lipinski definition) is 4. The van der Waals surface area contributed by atoms with Crippen LogP contribution in [0.15, 0.2) is 12.3 Å². The highest BCUT2D eigenvalue weighted by Gasteiger charge is 2.55. The summed E-state index contributed by atoms with van der Waals surface area (Å²) in [6.45, 7) is 44.3. The largest absolute Gasteiger partial charge is 0.415 e. The molecule has 0 N–H and O–H groups in total. The maximum atomic E-state index is 7.43. The van der Waals surface area contributed by atoms with Crippen LogP contribution in [0, 0.1) is 0 Å². The molecule has 0 aliphatic heterocycles. The van der Waals surface area contributed by atoms with Crippen molar-refractivity contribution >= 4 is 41.3 Å². The Labute approximate surface area is 263 Å². The van der Waals surface area contributed by atoms with E-state index in [0.717, 1.165) is 19.3 Å². The Morgan fingerprint density at radius 1 is 0.683 bits per heavy atom. The van der Waals surface area contributed by atoms with Gasteiger partial charge in [-0.2, -0.15) is 0 Å². The minimum atomic E-state index is -2.51. The molecule has 0 rings (SSSR count). The fourth-order valence-corrected chi connectivity index (χ4v) is 24.3. The van der Waals surface area contributed by atoms with E-state index in [0.29, 0.717) is 0 Å². The van der Waals surface area contributed by atoms with Crippen molar-refractivity contribution in [2.24, 2.45) is 0 Å². The molecule has 41 heavy (non-hydrogen) atoms. The van der Waals surface area contributed by atoms with Crippen LogP contribution in [0.3, 0.4) is 0 Å². The van der Waals surface area contributed by atoms with E-state index < -0.39 is 41.3 Å². The zero-order chi connectivity index (χ0) is 32.6. The van der Waals surface area contributed by atoms with E-state index in [-0.39, 0.29) is 21.9 Å². The van der Waals surface area contributed by atoms with Crippen LogP contribution in [0.1, 0.15) is 100 Å². The number of hydrogen-bond donors (Lipinski definition) is 0. The molecular weight excluding hydrogens is 589 g/mol.